The Kier molecular flexibility index (Phi) is 5.24. The molecule has 0 spiro atoms. The largest absolute Gasteiger partial charge is 0.464 e. The van der Waals surface area contributed by atoms with Crippen molar-refractivity contribution in [1.29, 1.82) is 0 Å². The van der Waals surface area contributed by atoms with Crippen molar-refractivity contribution < 1.29 is 14.3 Å². The van der Waals surface area contributed by atoms with Crippen molar-refractivity contribution in [2.45, 2.75) is 19.9 Å². The van der Waals surface area contributed by atoms with Gasteiger partial charge < -0.3 is 10.1 Å². The predicted molar refractivity (Wildman–Crippen MR) is 84.2 cm³/mol. The summed E-state index contributed by atoms with van der Waals surface area (Å²) in [6.07, 6.45) is 0. The molecule has 23 heavy (non-hydrogen) atoms. The Labute approximate surface area is 132 Å². The second-order valence-electron chi connectivity index (χ2n) is 4.75. The summed E-state index contributed by atoms with van der Waals surface area (Å²) in [6.45, 7) is 3.36. The van der Waals surface area contributed by atoms with Crippen molar-refractivity contribution >= 4 is 17.6 Å². The summed E-state index contributed by atoms with van der Waals surface area (Å²) in [5.74, 6) is -1.05. The first-order chi connectivity index (χ1) is 11.0. The fourth-order valence-electron chi connectivity index (χ4n) is 1.90. The molecule has 1 atom stereocenters. The molecule has 1 aromatic heterocycles. The molecule has 0 aliphatic heterocycles. The van der Waals surface area contributed by atoms with Crippen molar-refractivity contribution in [1.82, 2.24) is 9.78 Å². The molecule has 1 unspecified atom stereocenters. The molecule has 1 heterocycles. The van der Waals surface area contributed by atoms with Crippen LogP contribution in [0.15, 0.2) is 47.3 Å². The lowest BCUT2D eigenvalue weighted by Crippen LogP contribution is -2.32. The molecule has 120 valence electrons. The lowest BCUT2D eigenvalue weighted by atomic mass is 10.3. The van der Waals surface area contributed by atoms with E-state index in [9.17, 15) is 14.4 Å². The summed E-state index contributed by atoms with van der Waals surface area (Å²) in [5.41, 5.74) is 0.155. The molecule has 1 aromatic carbocycles. The van der Waals surface area contributed by atoms with Crippen molar-refractivity contribution in [2.75, 3.05) is 11.9 Å². The topological polar surface area (TPSA) is 90.3 Å². The summed E-state index contributed by atoms with van der Waals surface area (Å²) in [5, 5.41) is 6.63. The molecule has 1 N–H and O–H groups in total. The normalized spacial score (nSPS) is 11.6. The molecule has 0 saturated carbocycles. The number of benzene rings is 1. The van der Waals surface area contributed by atoms with E-state index in [1.165, 1.54) is 19.1 Å². The highest BCUT2D eigenvalue weighted by atomic mass is 16.5. The van der Waals surface area contributed by atoms with Gasteiger partial charge in [-0.1, -0.05) is 18.2 Å². The molecular weight excluding hydrogens is 298 g/mol. The summed E-state index contributed by atoms with van der Waals surface area (Å²) >= 11 is 0. The number of carbonyl (C=O) groups excluding carboxylic acids is 2. The smallest absolute Gasteiger partial charge is 0.330 e. The Bertz CT molecular complexity index is 755. The van der Waals surface area contributed by atoms with Crippen LogP contribution in [0.1, 0.15) is 30.4 Å². The van der Waals surface area contributed by atoms with Crippen molar-refractivity contribution in [3.05, 3.63) is 58.5 Å². The number of nitrogens with zero attached hydrogens (tertiary/aromatic N) is 2. The number of carbonyl (C=O) groups is 2. The van der Waals surface area contributed by atoms with Gasteiger partial charge in [0.25, 0.3) is 11.5 Å². The van der Waals surface area contributed by atoms with E-state index in [0.717, 1.165) is 4.68 Å². The SMILES string of the molecule is CCOC(=O)C(C)n1nc(C(=O)Nc2ccccc2)ccc1=O. The number of rotatable bonds is 5. The van der Waals surface area contributed by atoms with E-state index in [4.69, 9.17) is 4.74 Å². The zero-order valence-corrected chi connectivity index (χ0v) is 12.9. The van der Waals surface area contributed by atoms with Gasteiger partial charge in [0.05, 0.1) is 6.61 Å². The molecule has 1 amide bonds. The van der Waals surface area contributed by atoms with Gasteiger partial charge >= 0.3 is 5.97 Å². The molecule has 0 bridgehead atoms. The Hall–Kier alpha value is -2.96. The van der Waals surface area contributed by atoms with Crippen LogP contribution in [0.25, 0.3) is 0 Å². The van der Waals surface area contributed by atoms with Crippen LogP contribution in [-0.2, 0) is 9.53 Å². The minimum Gasteiger partial charge on any atom is -0.464 e. The predicted octanol–water partition coefficient (Wildman–Crippen LogP) is 1.62. The number of anilines is 1. The monoisotopic (exact) mass is 315 g/mol. The highest BCUT2D eigenvalue weighted by Gasteiger charge is 2.20. The van der Waals surface area contributed by atoms with Crippen LogP contribution in [0, 0.1) is 0 Å². The quantitative estimate of drug-likeness (QED) is 0.847. The Morgan fingerprint density at radius 2 is 1.91 bits per heavy atom. The van der Waals surface area contributed by atoms with Gasteiger partial charge in [0.2, 0.25) is 0 Å². The first kappa shape index (κ1) is 16.4. The maximum Gasteiger partial charge on any atom is 0.330 e. The molecule has 0 saturated heterocycles. The van der Waals surface area contributed by atoms with Crippen LogP contribution in [-0.4, -0.2) is 28.3 Å². The molecule has 7 nitrogen and oxygen atoms in total. The van der Waals surface area contributed by atoms with E-state index in [1.807, 2.05) is 6.07 Å². The molecule has 0 fully saturated rings. The molecule has 7 heteroatoms. The van der Waals surface area contributed by atoms with Crippen LogP contribution in [0.5, 0.6) is 0 Å². The van der Waals surface area contributed by atoms with Gasteiger partial charge in [-0.05, 0) is 32.0 Å². The maximum atomic E-state index is 12.2. The number of para-hydroxylation sites is 1. The average molecular weight is 315 g/mol. The number of aromatic nitrogens is 2. The first-order valence-corrected chi connectivity index (χ1v) is 7.16. The third-order valence-corrected chi connectivity index (χ3v) is 3.08. The first-order valence-electron chi connectivity index (χ1n) is 7.16. The second-order valence-corrected chi connectivity index (χ2v) is 4.75. The fraction of sp³-hybridized carbons (Fsp3) is 0.250. The molecular formula is C16H17N3O4. The van der Waals surface area contributed by atoms with E-state index in [0.29, 0.717) is 5.69 Å². The third kappa shape index (κ3) is 4.03. The van der Waals surface area contributed by atoms with Crippen LogP contribution in [0.4, 0.5) is 5.69 Å². The standard InChI is InChI=1S/C16H17N3O4/c1-3-23-16(22)11(2)19-14(20)10-9-13(18-19)15(21)17-12-7-5-4-6-8-12/h4-11H,3H2,1-2H3,(H,17,21). The number of amides is 1. The van der Waals surface area contributed by atoms with Crippen LogP contribution in [0.2, 0.25) is 0 Å². The molecule has 0 aliphatic carbocycles. The van der Waals surface area contributed by atoms with Gasteiger partial charge in [0.1, 0.15) is 5.69 Å². The van der Waals surface area contributed by atoms with Crippen molar-refractivity contribution in [3.8, 4) is 0 Å². The Morgan fingerprint density at radius 1 is 1.22 bits per heavy atom. The zero-order valence-electron chi connectivity index (χ0n) is 12.9. The van der Waals surface area contributed by atoms with Crippen molar-refractivity contribution in [3.63, 3.8) is 0 Å². The van der Waals surface area contributed by atoms with E-state index in [1.54, 1.807) is 31.2 Å². The van der Waals surface area contributed by atoms with E-state index in [2.05, 4.69) is 10.4 Å². The minimum absolute atomic E-state index is 0.0320. The van der Waals surface area contributed by atoms with Gasteiger partial charge in [-0.2, -0.15) is 5.10 Å². The lowest BCUT2D eigenvalue weighted by Gasteiger charge is -2.13. The van der Waals surface area contributed by atoms with Gasteiger partial charge in [0, 0.05) is 11.8 Å². The number of esters is 1. The van der Waals surface area contributed by atoms with Gasteiger partial charge in [-0.3, -0.25) is 9.59 Å². The number of hydrogen-bond acceptors (Lipinski definition) is 5. The van der Waals surface area contributed by atoms with Crippen LogP contribution >= 0.6 is 0 Å². The van der Waals surface area contributed by atoms with E-state index >= 15 is 0 Å². The summed E-state index contributed by atoms with van der Waals surface area (Å²) in [4.78, 5) is 35.8. The maximum absolute atomic E-state index is 12.2. The average Bonchev–Trinajstić information content (AvgIpc) is 2.55. The van der Waals surface area contributed by atoms with E-state index < -0.39 is 23.5 Å². The fourth-order valence-corrected chi connectivity index (χ4v) is 1.90. The zero-order chi connectivity index (χ0) is 16.8. The highest BCUT2D eigenvalue weighted by molar-refractivity contribution is 6.02. The van der Waals surface area contributed by atoms with Crippen molar-refractivity contribution in [2.24, 2.45) is 0 Å². The number of ether oxygens (including phenoxy) is 1. The Morgan fingerprint density at radius 3 is 2.57 bits per heavy atom. The lowest BCUT2D eigenvalue weighted by molar-refractivity contribution is -0.147. The van der Waals surface area contributed by atoms with Crippen LogP contribution < -0.4 is 10.9 Å². The van der Waals surface area contributed by atoms with Crippen LogP contribution in [0.3, 0.4) is 0 Å². The van der Waals surface area contributed by atoms with E-state index in [-0.39, 0.29) is 12.3 Å². The summed E-state index contributed by atoms with van der Waals surface area (Å²) in [6, 6.07) is 10.5. The second kappa shape index (κ2) is 7.35. The number of hydrogen-bond donors (Lipinski definition) is 1. The minimum atomic E-state index is -0.910. The van der Waals surface area contributed by atoms with Gasteiger partial charge in [0.15, 0.2) is 6.04 Å². The molecule has 2 aromatic rings. The Balaban J connectivity index is 2.24. The molecule has 0 aliphatic rings. The van der Waals surface area contributed by atoms with Gasteiger partial charge in [-0.25, -0.2) is 9.48 Å². The molecule has 2 rings (SSSR count). The summed E-state index contributed by atoms with van der Waals surface area (Å²) in [7, 11) is 0. The summed E-state index contributed by atoms with van der Waals surface area (Å²) < 4.78 is 5.81. The third-order valence-electron chi connectivity index (χ3n) is 3.08. The van der Waals surface area contributed by atoms with Gasteiger partial charge in [-0.15, -0.1) is 0 Å². The molecule has 0 radical (unpaired) electrons. The number of nitrogens with one attached hydrogen (secondary N) is 1. The highest BCUT2D eigenvalue weighted by Crippen LogP contribution is 2.08.